The number of nitrogens with zero attached hydrogens (tertiary/aromatic N) is 1. The zero-order chi connectivity index (χ0) is 8.53. The van der Waals surface area contributed by atoms with E-state index in [0.29, 0.717) is 6.04 Å². The second kappa shape index (κ2) is 7.30. The van der Waals surface area contributed by atoms with Crippen LogP contribution in [0.3, 0.4) is 0 Å². The molecule has 0 aromatic carbocycles. The van der Waals surface area contributed by atoms with E-state index in [-0.39, 0.29) is 0 Å². The lowest BCUT2D eigenvalue weighted by Crippen LogP contribution is -2.22. The molecule has 0 spiro atoms. The van der Waals surface area contributed by atoms with Crippen molar-refractivity contribution < 1.29 is 0 Å². The highest BCUT2D eigenvalue weighted by atomic mass is 14.6. The monoisotopic (exact) mass is 152 g/mol. The average Bonchev–Trinajstić information content (AvgIpc) is 2.07. The molecule has 1 aliphatic rings. The molecule has 0 bridgehead atoms. The van der Waals surface area contributed by atoms with Crippen molar-refractivity contribution in [2.24, 2.45) is 5.73 Å². The van der Waals surface area contributed by atoms with Gasteiger partial charge in [-0.05, 0) is 12.8 Å². The maximum Gasteiger partial charge on any atom is 0.0905 e. The summed E-state index contributed by atoms with van der Waals surface area (Å²) in [6.07, 6.45) is 7.84. The highest BCUT2D eigenvalue weighted by molar-refractivity contribution is 4.93. The predicted molar refractivity (Wildman–Crippen MR) is 46.9 cm³/mol. The van der Waals surface area contributed by atoms with Gasteiger partial charge in [0.1, 0.15) is 0 Å². The standard InChI is InChI=1S/C6H13N.C3H3N/c7-6-4-2-1-3-5-6;1-2-3-4/h6H,1-5,7H2;2H,1H2. The Hall–Kier alpha value is -0.810. The lowest BCUT2D eigenvalue weighted by atomic mass is 9.97. The van der Waals surface area contributed by atoms with Crippen LogP contribution in [0.5, 0.6) is 0 Å². The Bertz CT molecular complexity index is 129. The summed E-state index contributed by atoms with van der Waals surface area (Å²) in [7, 11) is 0. The molecule has 2 N–H and O–H groups in total. The quantitative estimate of drug-likeness (QED) is 0.539. The van der Waals surface area contributed by atoms with Crippen molar-refractivity contribution in [1.82, 2.24) is 0 Å². The number of hydrogen-bond acceptors (Lipinski definition) is 2. The maximum absolute atomic E-state index is 7.51. The van der Waals surface area contributed by atoms with Crippen LogP contribution >= 0.6 is 0 Å². The first kappa shape index (κ1) is 10.2. The first-order valence-electron chi connectivity index (χ1n) is 4.07. The van der Waals surface area contributed by atoms with Crippen LogP contribution in [-0.2, 0) is 0 Å². The molecule has 11 heavy (non-hydrogen) atoms. The molecule has 0 atom stereocenters. The molecule has 2 nitrogen and oxygen atoms in total. The second-order valence-electron chi connectivity index (χ2n) is 2.73. The van der Waals surface area contributed by atoms with E-state index < -0.39 is 0 Å². The van der Waals surface area contributed by atoms with Crippen LogP contribution in [0.4, 0.5) is 0 Å². The molecule has 0 radical (unpaired) electrons. The van der Waals surface area contributed by atoms with Gasteiger partial charge in [0.2, 0.25) is 0 Å². The summed E-state index contributed by atoms with van der Waals surface area (Å²) in [5, 5.41) is 7.51. The van der Waals surface area contributed by atoms with Gasteiger partial charge in [-0.15, -0.1) is 0 Å². The van der Waals surface area contributed by atoms with Gasteiger partial charge in [0.05, 0.1) is 6.07 Å². The number of hydrogen-bond donors (Lipinski definition) is 1. The van der Waals surface area contributed by atoms with Crippen molar-refractivity contribution in [2.75, 3.05) is 0 Å². The van der Waals surface area contributed by atoms with E-state index in [1.54, 1.807) is 6.07 Å². The molecule has 1 rings (SSSR count). The van der Waals surface area contributed by atoms with Gasteiger partial charge in [-0.1, -0.05) is 25.8 Å². The van der Waals surface area contributed by atoms with Crippen LogP contribution in [0.1, 0.15) is 32.1 Å². The van der Waals surface area contributed by atoms with Crippen molar-refractivity contribution in [3.05, 3.63) is 12.7 Å². The highest BCUT2D eigenvalue weighted by Gasteiger charge is 2.06. The van der Waals surface area contributed by atoms with Gasteiger partial charge in [-0.3, -0.25) is 0 Å². The van der Waals surface area contributed by atoms with Gasteiger partial charge in [0.15, 0.2) is 0 Å². The van der Waals surface area contributed by atoms with E-state index >= 15 is 0 Å². The van der Waals surface area contributed by atoms with Gasteiger partial charge in [0.25, 0.3) is 0 Å². The van der Waals surface area contributed by atoms with Gasteiger partial charge in [-0.2, -0.15) is 5.26 Å². The topological polar surface area (TPSA) is 49.8 Å². The summed E-state index contributed by atoms with van der Waals surface area (Å²) < 4.78 is 0. The summed E-state index contributed by atoms with van der Waals surface area (Å²) in [6.45, 7) is 3.12. The zero-order valence-corrected chi connectivity index (χ0v) is 6.92. The Labute approximate surface area is 68.7 Å². The Morgan fingerprint density at radius 3 is 2.00 bits per heavy atom. The molecule has 0 aliphatic heterocycles. The van der Waals surface area contributed by atoms with Crippen LogP contribution in [0.25, 0.3) is 0 Å². The lowest BCUT2D eigenvalue weighted by Gasteiger charge is -2.15. The molecular formula is C9H16N2. The number of rotatable bonds is 0. The average molecular weight is 152 g/mol. The number of nitriles is 1. The van der Waals surface area contributed by atoms with E-state index in [0.717, 1.165) is 0 Å². The summed E-state index contributed by atoms with van der Waals surface area (Å²) >= 11 is 0. The lowest BCUT2D eigenvalue weighted by molar-refractivity contribution is 0.441. The third-order valence-corrected chi connectivity index (χ3v) is 1.74. The highest BCUT2D eigenvalue weighted by Crippen LogP contribution is 2.14. The van der Waals surface area contributed by atoms with Gasteiger partial charge in [-0.25, -0.2) is 0 Å². The molecule has 0 saturated heterocycles. The van der Waals surface area contributed by atoms with E-state index in [1.165, 1.54) is 38.2 Å². The van der Waals surface area contributed by atoms with E-state index in [1.807, 2.05) is 0 Å². The summed E-state index contributed by atoms with van der Waals surface area (Å²) in [6, 6.07) is 2.23. The van der Waals surface area contributed by atoms with E-state index in [2.05, 4.69) is 6.58 Å². The van der Waals surface area contributed by atoms with Crippen molar-refractivity contribution in [2.45, 2.75) is 38.1 Å². The normalized spacial score (nSPS) is 17.5. The zero-order valence-electron chi connectivity index (χ0n) is 6.92. The van der Waals surface area contributed by atoms with Gasteiger partial charge in [0, 0.05) is 12.1 Å². The summed E-state index contributed by atoms with van der Waals surface area (Å²) in [4.78, 5) is 0. The minimum Gasteiger partial charge on any atom is -0.328 e. The molecule has 0 unspecified atom stereocenters. The molecule has 0 amide bonds. The van der Waals surface area contributed by atoms with E-state index in [4.69, 9.17) is 11.0 Å². The Morgan fingerprint density at radius 2 is 1.82 bits per heavy atom. The van der Waals surface area contributed by atoms with Crippen LogP contribution in [0, 0.1) is 11.3 Å². The van der Waals surface area contributed by atoms with Crippen molar-refractivity contribution >= 4 is 0 Å². The summed E-state index contributed by atoms with van der Waals surface area (Å²) in [5.74, 6) is 0. The Kier molecular flexibility index (Phi) is 6.76. The predicted octanol–water partition coefficient (Wildman–Crippen LogP) is 1.97. The van der Waals surface area contributed by atoms with Crippen LogP contribution in [0.15, 0.2) is 12.7 Å². The molecule has 1 fully saturated rings. The van der Waals surface area contributed by atoms with Crippen LogP contribution in [0.2, 0.25) is 0 Å². The molecular weight excluding hydrogens is 136 g/mol. The van der Waals surface area contributed by atoms with Crippen LogP contribution in [-0.4, -0.2) is 6.04 Å². The van der Waals surface area contributed by atoms with E-state index in [9.17, 15) is 0 Å². The van der Waals surface area contributed by atoms with Gasteiger partial charge >= 0.3 is 0 Å². The first-order valence-corrected chi connectivity index (χ1v) is 4.07. The number of nitrogens with two attached hydrogens (primary N) is 1. The summed E-state index contributed by atoms with van der Waals surface area (Å²) in [5.41, 5.74) is 5.63. The minimum atomic E-state index is 0.536. The Morgan fingerprint density at radius 1 is 1.36 bits per heavy atom. The maximum atomic E-state index is 7.51. The smallest absolute Gasteiger partial charge is 0.0905 e. The fourth-order valence-corrected chi connectivity index (χ4v) is 1.13. The molecule has 0 aromatic heterocycles. The Balaban J connectivity index is 0.000000218. The van der Waals surface area contributed by atoms with Crippen molar-refractivity contribution in [1.29, 1.82) is 5.26 Å². The number of allylic oxidation sites excluding steroid dienone is 1. The minimum absolute atomic E-state index is 0.536. The fourth-order valence-electron chi connectivity index (χ4n) is 1.13. The third kappa shape index (κ3) is 7.08. The van der Waals surface area contributed by atoms with Crippen molar-refractivity contribution in [3.8, 4) is 6.07 Å². The third-order valence-electron chi connectivity index (χ3n) is 1.74. The molecule has 1 saturated carbocycles. The van der Waals surface area contributed by atoms with Crippen molar-refractivity contribution in [3.63, 3.8) is 0 Å². The van der Waals surface area contributed by atoms with Gasteiger partial charge < -0.3 is 5.73 Å². The SMILES string of the molecule is C=CC#N.NC1CCCCC1. The second-order valence-corrected chi connectivity index (χ2v) is 2.73. The largest absolute Gasteiger partial charge is 0.328 e. The van der Waals surface area contributed by atoms with Crippen LogP contribution < -0.4 is 5.73 Å². The molecule has 1 aliphatic carbocycles. The molecule has 0 aromatic rings. The first-order chi connectivity index (χ1) is 5.31. The molecule has 2 heteroatoms. The molecule has 62 valence electrons. The fraction of sp³-hybridized carbons (Fsp3) is 0.667. The molecule has 0 heterocycles.